The Morgan fingerprint density at radius 1 is 1.25 bits per heavy atom. The predicted octanol–water partition coefficient (Wildman–Crippen LogP) is -0.847. The zero-order valence-corrected chi connectivity index (χ0v) is 16.0. The minimum absolute atomic E-state index is 0. The summed E-state index contributed by atoms with van der Waals surface area (Å²) in [7, 11) is 0. The molecule has 2 N–H and O–H groups in total. The quantitative estimate of drug-likeness (QED) is 0.681. The molecule has 20 heavy (non-hydrogen) atoms. The van der Waals surface area contributed by atoms with Gasteiger partial charge in [0.25, 0.3) is 0 Å². The average Bonchev–Trinajstić information content (AvgIpc) is 2.90. The molecule has 1 atom stereocenters. The fourth-order valence-electron chi connectivity index (χ4n) is 3.15. The van der Waals surface area contributed by atoms with Gasteiger partial charge in [-0.15, -0.1) is 0 Å². The molecular formula is C14H11N4ORb. The Hall–Kier alpha value is -0.625. The molecule has 2 aliphatic rings. The van der Waals surface area contributed by atoms with Crippen molar-refractivity contribution in [3.8, 4) is 0 Å². The van der Waals surface area contributed by atoms with Gasteiger partial charge in [-0.1, -0.05) is 24.1 Å². The maximum atomic E-state index is 12.4. The van der Waals surface area contributed by atoms with Crippen LogP contribution in [0.3, 0.4) is 0 Å². The van der Waals surface area contributed by atoms with Gasteiger partial charge in [0, 0.05) is 11.8 Å². The van der Waals surface area contributed by atoms with E-state index in [-0.39, 0.29) is 69.9 Å². The monoisotopic (exact) mass is 336 g/mol. The van der Waals surface area contributed by atoms with Crippen molar-refractivity contribution in [1.82, 2.24) is 9.97 Å². The van der Waals surface area contributed by atoms with Crippen LogP contribution >= 0.6 is 0 Å². The number of pyridine rings is 2. The molecule has 1 aliphatic carbocycles. The van der Waals surface area contributed by atoms with Crippen molar-refractivity contribution in [3.05, 3.63) is 53.0 Å². The van der Waals surface area contributed by atoms with Crippen LogP contribution in [0.5, 0.6) is 0 Å². The molecule has 1 aliphatic heterocycles. The maximum absolute atomic E-state index is 12.4. The second-order valence-corrected chi connectivity index (χ2v) is 5.13. The van der Waals surface area contributed by atoms with E-state index in [0.29, 0.717) is 18.7 Å². The molecular weight excluding hydrogens is 326 g/mol. The first-order chi connectivity index (χ1) is 9.19. The summed E-state index contributed by atoms with van der Waals surface area (Å²) in [5.41, 5.74) is 10.1. The number of amides is 1. The van der Waals surface area contributed by atoms with Gasteiger partial charge in [0.15, 0.2) is 0 Å². The van der Waals surface area contributed by atoms with Crippen LogP contribution in [0.15, 0.2) is 30.6 Å². The van der Waals surface area contributed by atoms with Crippen LogP contribution in [-0.4, -0.2) is 15.9 Å². The maximum Gasteiger partial charge on any atom is 1.00 e. The predicted molar refractivity (Wildman–Crippen MR) is 70.2 cm³/mol. The van der Waals surface area contributed by atoms with E-state index < -0.39 is 5.41 Å². The summed E-state index contributed by atoms with van der Waals surface area (Å²) in [6.45, 7) is 0. The molecule has 2 aromatic rings. The number of carbonyl (C=O) groups excluding carboxylic acids is 1. The molecule has 94 valence electrons. The molecule has 4 rings (SSSR count). The first kappa shape index (κ1) is 14.3. The standard InChI is InChI=1S/C14H12N4O.Rb/c15-11-4-8-5-14(6-9(8)7-17-11)10-2-1-3-16-12(10)18-13(14)19;/h1-4,7H,5-6H2,(H3,15,16,17,18,19);/q;+1/p-1. The topological polar surface area (TPSA) is 78.7 Å². The van der Waals surface area contributed by atoms with Gasteiger partial charge in [0.1, 0.15) is 5.82 Å². The number of hydrogen-bond acceptors (Lipinski definition) is 3. The third-order valence-electron chi connectivity index (χ3n) is 4.06. The molecule has 3 heterocycles. The zero-order chi connectivity index (χ0) is 13.0. The van der Waals surface area contributed by atoms with Crippen molar-refractivity contribution in [1.29, 1.82) is 0 Å². The summed E-state index contributed by atoms with van der Waals surface area (Å²) in [4.78, 5) is 20.6. The Balaban J connectivity index is 0.00000121. The van der Waals surface area contributed by atoms with E-state index >= 15 is 0 Å². The number of carbonyl (C=O) groups is 1. The number of nitrogens with one attached hydrogen (secondary N) is 2. The third-order valence-corrected chi connectivity index (χ3v) is 4.06. The Bertz CT molecular complexity index is 718. The van der Waals surface area contributed by atoms with Crippen LogP contribution < -0.4 is 63.5 Å². The second-order valence-electron chi connectivity index (χ2n) is 5.13. The van der Waals surface area contributed by atoms with Gasteiger partial charge < -0.3 is 16.0 Å². The van der Waals surface area contributed by atoms with Crippen LogP contribution in [0, 0.1) is 0 Å². The summed E-state index contributed by atoms with van der Waals surface area (Å²) in [6, 6.07) is 5.57. The van der Waals surface area contributed by atoms with Gasteiger partial charge in [-0.05, 0) is 30.0 Å². The van der Waals surface area contributed by atoms with E-state index in [4.69, 9.17) is 5.73 Å². The summed E-state index contributed by atoms with van der Waals surface area (Å²) in [6.07, 6.45) is 4.67. The molecule has 1 amide bonds. The smallest absolute Gasteiger partial charge is 0.482 e. The largest absolute Gasteiger partial charge is 1.00 e. The molecule has 0 aromatic carbocycles. The molecule has 0 saturated carbocycles. The SMILES string of the molecule is [NH-]c1cc2c(cn1)CC1(C2)C(=O)Nc2ncccc21.[Rb+]. The van der Waals surface area contributed by atoms with Crippen LogP contribution in [0.4, 0.5) is 11.6 Å². The number of rotatable bonds is 0. The van der Waals surface area contributed by atoms with Crippen LogP contribution in [-0.2, 0) is 23.1 Å². The van der Waals surface area contributed by atoms with Crippen molar-refractivity contribution in [2.24, 2.45) is 0 Å². The van der Waals surface area contributed by atoms with Crippen LogP contribution in [0.2, 0.25) is 0 Å². The second kappa shape index (κ2) is 4.98. The molecule has 0 radical (unpaired) electrons. The number of nitrogens with zero attached hydrogens (tertiary/aromatic N) is 2. The van der Waals surface area contributed by atoms with Crippen molar-refractivity contribution in [2.75, 3.05) is 5.32 Å². The van der Waals surface area contributed by atoms with Gasteiger partial charge in [0.2, 0.25) is 5.91 Å². The third kappa shape index (κ3) is 1.91. The number of aromatic nitrogens is 2. The van der Waals surface area contributed by atoms with Gasteiger partial charge >= 0.3 is 58.2 Å². The van der Waals surface area contributed by atoms with E-state index in [0.717, 1.165) is 16.7 Å². The van der Waals surface area contributed by atoms with Crippen molar-refractivity contribution < 1.29 is 63.0 Å². The molecule has 1 unspecified atom stereocenters. The average molecular weight is 337 g/mol. The Morgan fingerprint density at radius 3 is 2.90 bits per heavy atom. The minimum atomic E-state index is -0.554. The molecule has 2 aromatic heterocycles. The normalized spacial score (nSPS) is 22.1. The molecule has 0 bridgehead atoms. The fourth-order valence-corrected chi connectivity index (χ4v) is 3.15. The first-order valence-corrected chi connectivity index (χ1v) is 6.15. The van der Waals surface area contributed by atoms with E-state index in [9.17, 15) is 4.79 Å². The van der Waals surface area contributed by atoms with Crippen molar-refractivity contribution in [3.63, 3.8) is 0 Å². The van der Waals surface area contributed by atoms with E-state index in [1.165, 1.54) is 0 Å². The number of hydrogen-bond donors (Lipinski definition) is 1. The Labute approximate surface area is 165 Å². The summed E-state index contributed by atoms with van der Waals surface area (Å²) >= 11 is 0. The fraction of sp³-hybridized carbons (Fsp3) is 0.214. The van der Waals surface area contributed by atoms with Crippen LogP contribution in [0.25, 0.3) is 5.73 Å². The van der Waals surface area contributed by atoms with Gasteiger partial charge in [-0.25, -0.2) is 4.98 Å². The van der Waals surface area contributed by atoms with Gasteiger partial charge in [0.05, 0.1) is 5.41 Å². The number of anilines is 1. The molecule has 1 spiro atoms. The molecule has 0 fully saturated rings. The van der Waals surface area contributed by atoms with Crippen molar-refractivity contribution in [2.45, 2.75) is 18.3 Å². The summed E-state index contributed by atoms with van der Waals surface area (Å²) in [5, 5.41) is 2.86. The van der Waals surface area contributed by atoms with Crippen molar-refractivity contribution >= 4 is 17.5 Å². The van der Waals surface area contributed by atoms with Gasteiger partial charge in [-0.3, -0.25) is 4.79 Å². The van der Waals surface area contributed by atoms with Gasteiger partial charge in [-0.2, -0.15) is 0 Å². The Kier molecular flexibility index (Phi) is 3.57. The number of fused-ring (bicyclic) bond motifs is 3. The van der Waals surface area contributed by atoms with Crippen LogP contribution in [0.1, 0.15) is 16.7 Å². The first-order valence-electron chi connectivity index (χ1n) is 6.15. The van der Waals surface area contributed by atoms with E-state index in [2.05, 4.69) is 15.3 Å². The summed E-state index contributed by atoms with van der Waals surface area (Å²) in [5.74, 6) is 0.920. The zero-order valence-electron chi connectivity index (χ0n) is 11.1. The Morgan fingerprint density at radius 2 is 2.05 bits per heavy atom. The summed E-state index contributed by atoms with van der Waals surface area (Å²) < 4.78 is 0. The van der Waals surface area contributed by atoms with E-state index in [1.54, 1.807) is 18.5 Å². The molecule has 5 nitrogen and oxygen atoms in total. The molecule has 6 heteroatoms. The molecule has 0 saturated heterocycles. The van der Waals surface area contributed by atoms with E-state index in [1.807, 2.05) is 12.1 Å². The minimum Gasteiger partial charge on any atom is -0.482 e.